The summed E-state index contributed by atoms with van der Waals surface area (Å²) in [7, 11) is 0. The summed E-state index contributed by atoms with van der Waals surface area (Å²) in [6, 6.07) is -0.648. The van der Waals surface area contributed by atoms with Crippen LogP contribution in [0.3, 0.4) is 0 Å². The quantitative estimate of drug-likeness (QED) is 0.468. The van der Waals surface area contributed by atoms with Gasteiger partial charge < -0.3 is 15.5 Å². The van der Waals surface area contributed by atoms with Gasteiger partial charge in [-0.25, -0.2) is 15.1 Å². The second kappa shape index (κ2) is 9.55. The topological polar surface area (TPSA) is 119 Å². The molecule has 2 aromatic rings. The predicted octanol–water partition coefficient (Wildman–Crippen LogP) is 1.33. The van der Waals surface area contributed by atoms with Crippen LogP contribution in [0.25, 0.3) is 0 Å². The molecular weight excluding hydrogens is 498 g/mol. The van der Waals surface area contributed by atoms with Gasteiger partial charge in [0.25, 0.3) is 5.56 Å². The second-order valence-corrected chi connectivity index (χ2v) is 8.83. The Bertz CT molecular complexity index is 1140. The summed E-state index contributed by atoms with van der Waals surface area (Å²) in [4.78, 5) is 35.0. The average molecular weight is 520 g/mol. The first-order chi connectivity index (χ1) is 16.8. The molecule has 196 valence electrons. The molecule has 4 heterocycles. The second-order valence-electron chi connectivity index (χ2n) is 8.83. The highest BCUT2D eigenvalue weighted by Crippen LogP contribution is 2.32. The van der Waals surface area contributed by atoms with Crippen LogP contribution >= 0.6 is 0 Å². The van der Waals surface area contributed by atoms with E-state index in [1.165, 1.54) is 0 Å². The van der Waals surface area contributed by atoms with Crippen molar-refractivity contribution in [2.45, 2.75) is 31.4 Å². The lowest BCUT2D eigenvalue weighted by atomic mass is 9.97. The van der Waals surface area contributed by atoms with E-state index in [9.17, 15) is 35.9 Å². The van der Waals surface area contributed by atoms with E-state index in [1.807, 2.05) is 4.90 Å². The lowest BCUT2D eigenvalue weighted by Crippen LogP contribution is -2.63. The van der Waals surface area contributed by atoms with Gasteiger partial charge in [0.15, 0.2) is 0 Å². The van der Waals surface area contributed by atoms with Gasteiger partial charge >= 0.3 is 12.4 Å². The number of alkyl halides is 6. The first-order valence-corrected chi connectivity index (χ1v) is 10.9. The molecule has 0 radical (unpaired) electrons. The number of amides is 1. The number of aromatic amines is 1. The zero-order valence-corrected chi connectivity index (χ0v) is 18.8. The van der Waals surface area contributed by atoms with E-state index in [0.717, 1.165) is 6.20 Å². The Morgan fingerprint density at radius 3 is 2.31 bits per heavy atom. The molecule has 0 bridgehead atoms. The number of carbonyl (C=O) groups is 1. The fraction of sp³-hybridized carbons (Fsp3) is 0.550. The van der Waals surface area contributed by atoms with Crippen molar-refractivity contribution in [3.8, 4) is 0 Å². The average Bonchev–Trinajstić information content (AvgIpc) is 2.71. The highest BCUT2D eigenvalue weighted by atomic mass is 19.4. The first-order valence-electron chi connectivity index (χ1n) is 10.9. The molecule has 10 nitrogen and oxygen atoms in total. The van der Waals surface area contributed by atoms with E-state index >= 15 is 0 Å². The van der Waals surface area contributed by atoms with Crippen molar-refractivity contribution in [2.24, 2.45) is 5.92 Å². The predicted molar refractivity (Wildman–Crippen MR) is 114 cm³/mol. The van der Waals surface area contributed by atoms with Crippen molar-refractivity contribution in [1.29, 1.82) is 0 Å². The maximum atomic E-state index is 13.2. The third kappa shape index (κ3) is 5.68. The molecule has 1 amide bonds. The van der Waals surface area contributed by atoms with Gasteiger partial charge in [-0.2, -0.15) is 31.4 Å². The Morgan fingerprint density at radius 2 is 1.72 bits per heavy atom. The molecule has 1 unspecified atom stereocenters. The number of nitrogens with one attached hydrogen (secondary N) is 3. The molecule has 2 aromatic heterocycles. The van der Waals surface area contributed by atoms with Crippen molar-refractivity contribution >= 4 is 17.5 Å². The lowest BCUT2D eigenvalue weighted by molar-refractivity contribution is -0.139. The number of halogens is 6. The van der Waals surface area contributed by atoms with E-state index in [4.69, 9.17) is 0 Å². The Balaban J connectivity index is 1.19. The number of likely N-dealkylation sites (tertiary alicyclic amines) is 1. The van der Waals surface area contributed by atoms with Gasteiger partial charge in [0, 0.05) is 51.2 Å². The summed E-state index contributed by atoms with van der Waals surface area (Å²) in [5, 5.41) is 10.7. The van der Waals surface area contributed by atoms with Crippen LogP contribution in [0.4, 0.5) is 38.0 Å². The molecule has 2 aliphatic heterocycles. The van der Waals surface area contributed by atoms with Crippen LogP contribution in [-0.2, 0) is 17.1 Å². The van der Waals surface area contributed by atoms with Gasteiger partial charge in [-0.1, -0.05) is 0 Å². The third-order valence-corrected chi connectivity index (χ3v) is 5.88. The van der Waals surface area contributed by atoms with Crippen LogP contribution < -0.4 is 21.1 Å². The fourth-order valence-electron chi connectivity index (χ4n) is 4.06. The smallest absolute Gasteiger partial charge is 0.379 e. The maximum Gasteiger partial charge on any atom is 0.423 e. The molecule has 0 aromatic carbocycles. The van der Waals surface area contributed by atoms with E-state index in [2.05, 4.69) is 25.7 Å². The van der Waals surface area contributed by atoms with Crippen LogP contribution in [0, 0.1) is 5.92 Å². The van der Waals surface area contributed by atoms with Crippen molar-refractivity contribution in [3.63, 3.8) is 0 Å². The third-order valence-electron chi connectivity index (χ3n) is 5.88. The van der Waals surface area contributed by atoms with Crippen LogP contribution in [-0.4, -0.2) is 75.8 Å². The van der Waals surface area contributed by atoms with Crippen molar-refractivity contribution < 1.29 is 31.1 Å². The molecule has 1 atom stereocenters. The molecule has 2 saturated heterocycles. The zero-order chi connectivity index (χ0) is 26.3. The number of carbonyl (C=O) groups excluding carboxylic acids is 1. The summed E-state index contributed by atoms with van der Waals surface area (Å²) in [5.74, 6) is -0.322. The van der Waals surface area contributed by atoms with E-state index in [0.29, 0.717) is 45.1 Å². The highest BCUT2D eigenvalue weighted by molar-refractivity contribution is 5.80. The van der Waals surface area contributed by atoms with Crippen LogP contribution in [0.1, 0.15) is 18.1 Å². The number of aromatic nitrogens is 4. The summed E-state index contributed by atoms with van der Waals surface area (Å²) in [6.45, 7) is 3.55. The molecule has 36 heavy (non-hydrogen) atoms. The number of hydrogen-bond acceptors (Lipinski definition) is 8. The lowest BCUT2D eigenvalue weighted by Gasteiger charge is -2.43. The number of hydrogen-bond donors (Lipinski definition) is 3. The molecular formula is C20H22F6N8O2. The first kappa shape index (κ1) is 25.7. The Morgan fingerprint density at radius 1 is 1.08 bits per heavy atom. The molecule has 3 N–H and O–H groups in total. The molecule has 0 saturated carbocycles. The molecule has 4 rings (SSSR count). The van der Waals surface area contributed by atoms with Gasteiger partial charge in [0.2, 0.25) is 11.9 Å². The Labute approximate surface area is 200 Å². The van der Waals surface area contributed by atoms with E-state index in [1.54, 1.807) is 16.9 Å². The van der Waals surface area contributed by atoms with Crippen LogP contribution in [0.5, 0.6) is 0 Å². The molecule has 0 spiro atoms. The molecule has 2 fully saturated rings. The molecule has 16 heteroatoms. The molecule has 0 aliphatic carbocycles. The number of anilines is 2. The SMILES string of the molecule is CC(CN1CC(C(=O)NC2CN(c3ncc(C(F)(F)F)cn3)C2)C1)Nc1cn[nH]c(=O)c1C(F)(F)F. The minimum absolute atomic E-state index is 0.147. The summed E-state index contributed by atoms with van der Waals surface area (Å²) in [6.07, 6.45) is -7.02. The summed E-state index contributed by atoms with van der Waals surface area (Å²) < 4.78 is 77.3. The van der Waals surface area contributed by atoms with Crippen molar-refractivity contribution in [3.05, 3.63) is 40.1 Å². The van der Waals surface area contributed by atoms with Gasteiger partial charge in [-0.15, -0.1) is 0 Å². The van der Waals surface area contributed by atoms with E-state index in [-0.39, 0.29) is 23.8 Å². The van der Waals surface area contributed by atoms with Gasteiger partial charge in [0.05, 0.1) is 29.4 Å². The van der Waals surface area contributed by atoms with Crippen molar-refractivity contribution in [2.75, 3.05) is 42.9 Å². The number of rotatable bonds is 7. The normalized spacial score (nSPS) is 18.4. The Kier molecular flexibility index (Phi) is 6.81. The summed E-state index contributed by atoms with van der Waals surface area (Å²) in [5.41, 5.74) is -4.04. The van der Waals surface area contributed by atoms with Crippen LogP contribution in [0.2, 0.25) is 0 Å². The zero-order valence-electron chi connectivity index (χ0n) is 18.8. The van der Waals surface area contributed by atoms with Gasteiger partial charge in [0.1, 0.15) is 5.56 Å². The monoisotopic (exact) mass is 520 g/mol. The van der Waals surface area contributed by atoms with Crippen LogP contribution in [0.15, 0.2) is 23.4 Å². The standard InChI is InChI=1S/C20H22F6N8O2/c1-10(30-14-4-29-32-17(36)15(14)20(24,25)26)5-33-6-11(7-33)16(35)31-13-8-34(9-13)18-27-2-12(3-28-18)19(21,22)23/h2-4,10-11,13H,5-9H2,1H3,(H,31,35)(H2,30,32,36). The summed E-state index contributed by atoms with van der Waals surface area (Å²) >= 11 is 0. The Hall–Kier alpha value is -3.43. The maximum absolute atomic E-state index is 13.2. The van der Waals surface area contributed by atoms with Gasteiger partial charge in [-0.05, 0) is 6.92 Å². The number of nitrogens with zero attached hydrogens (tertiary/aromatic N) is 5. The van der Waals surface area contributed by atoms with Crippen molar-refractivity contribution in [1.82, 2.24) is 30.4 Å². The minimum atomic E-state index is -4.84. The number of H-pyrrole nitrogens is 1. The fourth-order valence-corrected chi connectivity index (χ4v) is 4.06. The largest absolute Gasteiger partial charge is 0.423 e. The minimum Gasteiger partial charge on any atom is -0.379 e. The molecule has 2 aliphatic rings. The van der Waals surface area contributed by atoms with Gasteiger partial charge in [-0.3, -0.25) is 14.5 Å². The van der Waals surface area contributed by atoms with E-state index < -0.39 is 40.8 Å². The highest BCUT2D eigenvalue weighted by Gasteiger charge is 2.39.